The van der Waals surface area contributed by atoms with Gasteiger partial charge in [0.1, 0.15) is 0 Å². The quantitative estimate of drug-likeness (QED) is 0.681. The minimum atomic E-state index is 0.666. The average Bonchev–Trinajstić information content (AvgIpc) is 3.37. The summed E-state index contributed by atoms with van der Waals surface area (Å²) in [5, 5.41) is 5.05. The lowest BCUT2D eigenvalue weighted by atomic mass is 9.92. The number of hydrogen-bond acceptors (Lipinski definition) is 4. The Hall–Kier alpha value is -2.59. The number of fused-ring (bicyclic) bond motifs is 6. The zero-order valence-electron chi connectivity index (χ0n) is 17.1. The number of para-hydroxylation sites is 1. The highest BCUT2D eigenvalue weighted by Gasteiger charge is 2.40. The Kier molecular flexibility index (Phi) is 4.01. The average molecular weight is 385 g/mol. The summed E-state index contributed by atoms with van der Waals surface area (Å²) in [6.07, 6.45) is 3.91. The van der Waals surface area contributed by atoms with E-state index in [-0.39, 0.29) is 0 Å². The van der Waals surface area contributed by atoms with Crippen LogP contribution in [0.5, 0.6) is 0 Å². The van der Waals surface area contributed by atoms with Gasteiger partial charge in [-0.3, -0.25) is 4.98 Å². The van der Waals surface area contributed by atoms with E-state index in [9.17, 15) is 0 Å². The summed E-state index contributed by atoms with van der Waals surface area (Å²) in [7, 11) is 2.20. The van der Waals surface area contributed by atoms with Gasteiger partial charge in [0, 0.05) is 60.1 Å². The number of likely N-dealkylation sites (N-methyl/N-ethyl adjacent to an activating group) is 1. The molecule has 3 aliphatic rings. The number of nitrogens with zero attached hydrogens (tertiary/aromatic N) is 3. The van der Waals surface area contributed by atoms with Gasteiger partial charge in [-0.15, -0.1) is 0 Å². The Balaban J connectivity index is 1.34. The maximum absolute atomic E-state index is 5.07. The SMILES string of the molecule is CN1CCN(c2ccc(Nc3c4c(nc5ccccc35)C3CCC4C3)cc2)CC1. The van der Waals surface area contributed by atoms with Crippen molar-refractivity contribution in [1.29, 1.82) is 0 Å². The largest absolute Gasteiger partial charge is 0.369 e. The molecule has 4 heteroatoms. The maximum Gasteiger partial charge on any atom is 0.0726 e. The van der Waals surface area contributed by atoms with Crippen LogP contribution in [0.4, 0.5) is 17.1 Å². The predicted octanol–water partition coefficient (Wildman–Crippen LogP) is 5.09. The molecule has 0 radical (unpaired) electrons. The Morgan fingerprint density at radius 3 is 2.48 bits per heavy atom. The first-order valence-electron chi connectivity index (χ1n) is 11.0. The van der Waals surface area contributed by atoms with E-state index in [0.717, 1.165) is 31.7 Å². The van der Waals surface area contributed by atoms with Crippen molar-refractivity contribution in [2.75, 3.05) is 43.4 Å². The van der Waals surface area contributed by atoms with Gasteiger partial charge in [-0.05, 0) is 62.6 Å². The number of benzene rings is 2. The molecule has 2 atom stereocenters. The third kappa shape index (κ3) is 2.89. The van der Waals surface area contributed by atoms with Crippen LogP contribution in [0, 0.1) is 0 Å². The van der Waals surface area contributed by atoms with Crippen LogP contribution in [0.3, 0.4) is 0 Å². The molecule has 1 saturated heterocycles. The minimum Gasteiger partial charge on any atom is -0.369 e. The molecule has 1 aromatic heterocycles. The maximum atomic E-state index is 5.07. The number of pyridine rings is 1. The lowest BCUT2D eigenvalue weighted by Gasteiger charge is -2.34. The third-order valence-electron chi connectivity index (χ3n) is 7.19. The summed E-state index contributed by atoms with van der Waals surface area (Å²) in [6.45, 7) is 4.49. The van der Waals surface area contributed by atoms with Gasteiger partial charge in [0.15, 0.2) is 0 Å². The molecule has 2 aliphatic carbocycles. The van der Waals surface area contributed by atoms with E-state index in [0.29, 0.717) is 11.8 Å². The number of rotatable bonds is 3. The molecule has 148 valence electrons. The smallest absolute Gasteiger partial charge is 0.0726 e. The lowest BCUT2D eigenvalue weighted by Crippen LogP contribution is -2.44. The van der Waals surface area contributed by atoms with Gasteiger partial charge in [0.2, 0.25) is 0 Å². The minimum absolute atomic E-state index is 0.666. The van der Waals surface area contributed by atoms with Crippen LogP contribution in [-0.4, -0.2) is 43.1 Å². The molecule has 0 amide bonds. The first-order chi connectivity index (χ1) is 14.3. The fourth-order valence-electron chi connectivity index (χ4n) is 5.56. The molecule has 2 heterocycles. The summed E-state index contributed by atoms with van der Waals surface area (Å²) in [6, 6.07) is 17.6. The second-order valence-electron chi connectivity index (χ2n) is 8.97. The second kappa shape index (κ2) is 6.74. The van der Waals surface area contributed by atoms with Crippen molar-refractivity contribution >= 4 is 28.0 Å². The van der Waals surface area contributed by atoms with Crippen molar-refractivity contribution in [3.05, 3.63) is 59.8 Å². The molecule has 6 rings (SSSR count). The fourth-order valence-corrected chi connectivity index (χ4v) is 5.56. The first kappa shape index (κ1) is 17.3. The monoisotopic (exact) mass is 384 g/mol. The Bertz CT molecular complexity index is 1050. The Morgan fingerprint density at radius 1 is 0.897 bits per heavy atom. The van der Waals surface area contributed by atoms with Gasteiger partial charge >= 0.3 is 0 Å². The summed E-state index contributed by atoms with van der Waals surface area (Å²) in [5.74, 6) is 1.35. The molecule has 0 spiro atoms. The van der Waals surface area contributed by atoms with Crippen molar-refractivity contribution in [1.82, 2.24) is 9.88 Å². The summed E-state index contributed by atoms with van der Waals surface area (Å²) in [4.78, 5) is 9.96. The van der Waals surface area contributed by atoms with Crippen molar-refractivity contribution < 1.29 is 0 Å². The van der Waals surface area contributed by atoms with Gasteiger partial charge in [-0.25, -0.2) is 0 Å². The third-order valence-corrected chi connectivity index (χ3v) is 7.19. The summed E-state index contributed by atoms with van der Waals surface area (Å²) in [5.41, 5.74) is 7.76. The van der Waals surface area contributed by atoms with Gasteiger partial charge < -0.3 is 15.1 Å². The number of nitrogens with one attached hydrogen (secondary N) is 1. The van der Waals surface area contributed by atoms with Crippen LogP contribution in [0.25, 0.3) is 10.9 Å². The van der Waals surface area contributed by atoms with E-state index in [4.69, 9.17) is 4.98 Å². The predicted molar refractivity (Wildman–Crippen MR) is 121 cm³/mol. The standard InChI is InChI=1S/C25H28N4/c1-28-12-14-29(15-13-28)20-10-8-19(9-11-20)26-25-21-4-2-3-5-22(21)27-24-18-7-6-17(16-18)23(24)25/h2-5,8-11,17-18H,6-7,12-16H2,1H3,(H,26,27). The summed E-state index contributed by atoms with van der Waals surface area (Å²) >= 11 is 0. The molecule has 2 fully saturated rings. The molecule has 1 aliphatic heterocycles. The molecule has 3 aromatic rings. The Morgan fingerprint density at radius 2 is 1.66 bits per heavy atom. The van der Waals surface area contributed by atoms with Gasteiger partial charge in [-0.2, -0.15) is 0 Å². The highest BCUT2D eigenvalue weighted by molar-refractivity contribution is 5.96. The van der Waals surface area contributed by atoms with Gasteiger partial charge in [0.25, 0.3) is 0 Å². The van der Waals surface area contributed by atoms with E-state index in [1.165, 1.54) is 53.0 Å². The lowest BCUT2D eigenvalue weighted by molar-refractivity contribution is 0.313. The van der Waals surface area contributed by atoms with Crippen molar-refractivity contribution in [2.24, 2.45) is 0 Å². The van der Waals surface area contributed by atoms with Crippen LogP contribution < -0.4 is 10.2 Å². The van der Waals surface area contributed by atoms with Crippen LogP contribution in [0.15, 0.2) is 48.5 Å². The molecule has 4 nitrogen and oxygen atoms in total. The second-order valence-corrected chi connectivity index (χ2v) is 8.97. The normalized spacial score (nSPS) is 23.6. The van der Waals surface area contributed by atoms with Crippen LogP contribution in [-0.2, 0) is 0 Å². The van der Waals surface area contributed by atoms with E-state index in [2.05, 4.69) is 70.7 Å². The zero-order valence-corrected chi connectivity index (χ0v) is 17.1. The molecule has 1 N–H and O–H groups in total. The van der Waals surface area contributed by atoms with Crippen molar-refractivity contribution in [2.45, 2.75) is 31.1 Å². The number of anilines is 3. The highest BCUT2D eigenvalue weighted by atomic mass is 15.2. The number of hydrogen-bond donors (Lipinski definition) is 1. The van der Waals surface area contributed by atoms with E-state index in [1.54, 1.807) is 0 Å². The highest BCUT2D eigenvalue weighted by Crippen LogP contribution is 2.56. The first-order valence-corrected chi connectivity index (χ1v) is 11.0. The molecule has 2 aromatic carbocycles. The zero-order chi connectivity index (χ0) is 19.4. The van der Waals surface area contributed by atoms with Gasteiger partial charge in [0.05, 0.1) is 11.2 Å². The fraction of sp³-hybridized carbons (Fsp3) is 0.400. The van der Waals surface area contributed by atoms with Gasteiger partial charge in [-0.1, -0.05) is 18.2 Å². The van der Waals surface area contributed by atoms with Crippen molar-refractivity contribution in [3.63, 3.8) is 0 Å². The molecular formula is C25H28N4. The summed E-state index contributed by atoms with van der Waals surface area (Å²) < 4.78 is 0. The Labute approximate surface area is 172 Å². The van der Waals surface area contributed by atoms with E-state index < -0.39 is 0 Å². The number of piperazine rings is 1. The molecule has 2 unspecified atom stereocenters. The van der Waals surface area contributed by atoms with Crippen molar-refractivity contribution in [3.8, 4) is 0 Å². The topological polar surface area (TPSA) is 31.4 Å². The molecule has 2 bridgehead atoms. The van der Waals surface area contributed by atoms with Crippen LogP contribution in [0.2, 0.25) is 0 Å². The molecule has 1 saturated carbocycles. The van der Waals surface area contributed by atoms with E-state index in [1.807, 2.05) is 0 Å². The van der Waals surface area contributed by atoms with E-state index >= 15 is 0 Å². The van der Waals surface area contributed by atoms with Crippen LogP contribution >= 0.6 is 0 Å². The molecule has 29 heavy (non-hydrogen) atoms. The molecular weight excluding hydrogens is 356 g/mol. The van der Waals surface area contributed by atoms with Crippen LogP contribution in [0.1, 0.15) is 42.4 Å². The number of aromatic nitrogens is 1.